The highest BCUT2D eigenvalue weighted by Crippen LogP contribution is 2.14. The van der Waals surface area contributed by atoms with Gasteiger partial charge in [0, 0.05) is 6.54 Å². The van der Waals surface area contributed by atoms with Gasteiger partial charge in [0.05, 0.1) is 20.3 Å². The molecule has 1 unspecified atom stereocenters. The largest absolute Gasteiger partial charge is 0.479 e. The number of aromatic nitrogens is 2. The minimum absolute atomic E-state index is 0.106. The van der Waals surface area contributed by atoms with Gasteiger partial charge in [0.1, 0.15) is 0 Å². The smallest absolute Gasteiger partial charge is 0.358 e. The van der Waals surface area contributed by atoms with Crippen LogP contribution in [0.4, 0.5) is 5.82 Å². The number of carboxylic acids is 1. The van der Waals surface area contributed by atoms with Gasteiger partial charge in [-0.1, -0.05) is 0 Å². The summed E-state index contributed by atoms with van der Waals surface area (Å²) in [5.41, 5.74) is 0.106. The number of hydrogen-bond acceptors (Lipinski definition) is 7. The standard InChI is InChI=1S/C11H13N3O5/c1-18-11(17)7-2-3-9(13-12-7)14-4-5-19-8(6-14)10(15)16/h2-3,8H,4-6H2,1H3,(H,15,16). The number of carboxylic acid groups (broad SMARTS) is 1. The highest BCUT2D eigenvalue weighted by Gasteiger charge is 2.27. The average Bonchev–Trinajstić information content (AvgIpc) is 2.46. The molecule has 1 aromatic rings. The number of ether oxygens (including phenoxy) is 2. The molecule has 8 heteroatoms. The number of rotatable bonds is 3. The fraction of sp³-hybridized carbons (Fsp3) is 0.455. The number of aliphatic carboxylic acids is 1. The zero-order valence-corrected chi connectivity index (χ0v) is 10.3. The van der Waals surface area contributed by atoms with E-state index in [0.29, 0.717) is 19.0 Å². The van der Waals surface area contributed by atoms with Crippen LogP contribution in [0.3, 0.4) is 0 Å². The van der Waals surface area contributed by atoms with Crippen molar-refractivity contribution in [2.45, 2.75) is 6.10 Å². The van der Waals surface area contributed by atoms with Crippen LogP contribution in [-0.4, -0.2) is 60.2 Å². The van der Waals surface area contributed by atoms with Gasteiger partial charge in [-0.15, -0.1) is 10.2 Å². The van der Waals surface area contributed by atoms with Gasteiger partial charge in [-0.3, -0.25) is 0 Å². The summed E-state index contributed by atoms with van der Waals surface area (Å²) in [7, 11) is 1.26. The minimum Gasteiger partial charge on any atom is -0.479 e. The van der Waals surface area contributed by atoms with E-state index in [4.69, 9.17) is 9.84 Å². The van der Waals surface area contributed by atoms with E-state index >= 15 is 0 Å². The van der Waals surface area contributed by atoms with Crippen LogP contribution < -0.4 is 4.90 Å². The number of esters is 1. The van der Waals surface area contributed by atoms with Crippen molar-refractivity contribution in [1.29, 1.82) is 0 Å². The molecule has 8 nitrogen and oxygen atoms in total. The first-order chi connectivity index (χ1) is 9.11. The van der Waals surface area contributed by atoms with Gasteiger partial charge in [0.25, 0.3) is 0 Å². The lowest BCUT2D eigenvalue weighted by molar-refractivity contribution is -0.150. The fourth-order valence-corrected chi connectivity index (χ4v) is 1.71. The maximum atomic E-state index is 11.2. The first kappa shape index (κ1) is 13.2. The van der Waals surface area contributed by atoms with Crippen molar-refractivity contribution in [3.8, 4) is 0 Å². The molecule has 0 aliphatic carbocycles. The lowest BCUT2D eigenvalue weighted by atomic mass is 10.2. The summed E-state index contributed by atoms with van der Waals surface area (Å²) in [6.45, 7) is 1.02. The van der Waals surface area contributed by atoms with Gasteiger partial charge >= 0.3 is 11.9 Å². The highest BCUT2D eigenvalue weighted by molar-refractivity contribution is 5.87. The third-order valence-electron chi connectivity index (χ3n) is 2.71. The molecule has 0 radical (unpaired) electrons. The lowest BCUT2D eigenvalue weighted by Crippen LogP contribution is -2.46. The Morgan fingerprint density at radius 1 is 1.47 bits per heavy atom. The van der Waals surface area contributed by atoms with Crippen LogP contribution in [0.25, 0.3) is 0 Å². The Hall–Kier alpha value is -2.22. The second kappa shape index (κ2) is 5.61. The monoisotopic (exact) mass is 267 g/mol. The average molecular weight is 267 g/mol. The quantitative estimate of drug-likeness (QED) is 0.735. The van der Waals surface area contributed by atoms with E-state index in [0.717, 1.165) is 0 Å². The van der Waals surface area contributed by atoms with Crippen molar-refractivity contribution >= 4 is 17.8 Å². The molecule has 102 valence electrons. The van der Waals surface area contributed by atoms with Crippen molar-refractivity contribution in [3.63, 3.8) is 0 Å². The number of morpholine rings is 1. The predicted octanol–water partition coefficient (Wildman–Crippen LogP) is -0.447. The van der Waals surface area contributed by atoms with Gasteiger partial charge in [-0.25, -0.2) is 9.59 Å². The third kappa shape index (κ3) is 2.97. The van der Waals surface area contributed by atoms with E-state index in [1.54, 1.807) is 11.0 Å². The van der Waals surface area contributed by atoms with Gasteiger partial charge in [-0.2, -0.15) is 0 Å². The van der Waals surface area contributed by atoms with Crippen LogP contribution >= 0.6 is 0 Å². The molecule has 0 bridgehead atoms. The number of carbonyl (C=O) groups is 2. The topological polar surface area (TPSA) is 102 Å². The Morgan fingerprint density at radius 2 is 2.26 bits per heavy atom. The number of nitrogens with zero attached hydrogens (tertiary/aromatic N) is 3. The van der Waals surface area contributed by atoms with Crippen LogP contribution in [0.2, 0.25) is 0 Å². The first-order valence-electron chi connectivity index (χ1n) is 5.63. The summed E-state index contributed by atoms with van der Waals surface area (Å²) in [6, 6.07) is 3.09. The van der Waals surface area contributed by atoms with Crippen molar-refractivity contribution in [3.05, 3.63) is 17.8 Å². The Kier molecular flexibility index (Phi) is 3.91. The molecule has 2 heterocycles. The molecule has 0 spiro atoms. The van der Waals surface area contributed by atoms with Crippen LogP contribution in [0.5, 0.6) is 0 Å². The number of methoxy groups -OCH3 is 1. The van der Waals surface area contributed by atoms with E-state index < -0.39 is 18.0 Å². The van der Waals surface area contributed by atoms with Gasteiger partial charge in [0.2, 0.25) is 0 Å². The third-order valence-corrected chi connectivity index (χ3v) is 2.71. The highest BCUT2D eigenvalue weighted by atomic mass is 16.5. The predicted molar refractivity (Wildman–Crippen MR) is 63.0 cm³/mol. The van der Waals surface area contributed by atoms with Crippen molar-refractivity contribution in [2.24, 2.45) is 0 Å². The minimum atomic E-state index is -1.01. The maximum Gasteiger partial charge on any atom is 0.358 e. The second-order valence-electron chi connectivity index (χ2n) is 3.91. The zero-order valence-electron chi connectivity index (χ0n) is 10.3. The summed E-state index contributed by atoms with van der Waals surface area (Å²) >= 11 is 0. The molecule has 2 rings (SSSR count). The second-order valence-corrected chi connectivity index (χ2v) is 3.91. The van der Waals surface area contributed by atoms with E-state index in [1.165, 1.54) is 13.2 Å². The first-order valence-corrected chi connectivity index (χ1v) is 5.63. The Labute approximate surface area is 108 Å². The Morgan fingerprint density at radius 3 is 2.84 bits per heavy atom. The molecular formula is C11H13N3O5. The molecule has 1 fully saturated rings. The van der Waals surface area contributed by atoms with Crippen LogP contribution in [0, 0.1) is 0 Å². The molecule has 1 aromatic heterocycles. The lowest BCUT2D eigenvalue weighted by Gasteiger charge is -2.31. The maximum absolute atomic E-state index is 11.2. The van der Waals surface area contributed by atoms with Crippen LogP contribution in [-0.2, 0) is 14.3 Å². The van der Waals surface area contributed by atoms with Crippen molar-refractivity contribution in [2.75, 3.05) is 31.7 Å². The molecule has 1 N–H and O–H groups in total. The SMILES string of the molecule is COC(=O)c1ccc(N2CCOC(C(=O)O)C2)nn1. The molecule has 0 aromatic carbocycles. The van der Waals surface area contributed by atoms with Crippen molar-refractivity contribution in [1.82, 2.24) is 10.2 Å². The molecule has 1 aliphatic heterocycles. The van der Waals surface area contributed by atoms with E-state index in [1.807, 2.05) is 0 Å². The van der Waals surface area contributed by atoms with Crippen LogP contribution in [0.15, 0.2) is 12.1 Å². The molecule has 0 saturated carbocycles. The van der Waals surface area contributed by atoms with E-state index in [2.05, 4.69) is 14.9 Å². The number of hydrogen-bond donors (Lipinski definition) is 1. The summed E-state index contributed by atoms with van der Waals surface area (Å²) in [6.07, 6.45) is -0.879. The van der Waals surface area contributed by atoms with E-state index in [-0.39, 0.29) is 12.2 Å². The van der Waals surface area contributed by atoms with Gasteiger partial charge < -0.3 is 19.5 Å². The molecule has 1 saturated heterocycles. The molecule has 19 heavy (non-hydrogen) atoms. The van der Waals surface area contributed by atoms with Crippen LogP contribution in [0.1, 0.15) is 10.5 Å². The summed E-state index contributed by atoms with van der Waals surface area (Å²) < 4.78 is 9.62. The summed E-state index contributed by atoms with van der Waals surface area (Å²) in [5.74, 6) is -1.07. The van der Waals surface area contributed by atoms with Gasteiger partial charge in [-0.05, 0) is 12.1 Å². The van der Waals surface area contributed by atoms with Crippen molar-refractivity contribution < 1.29 is 24.2 Å². The Balaban J connectivity index is 2.09. The molecule has 0 amide bonds. The summed E-state index contributed by atoms with van der Waals surface area (Å²) in [4.78, 5) is 23.8. The van der Waals surface area contributed by atoms with Gasteiger partial charge in [0.15, 0.2) is 17.6 Å². The number of carbonyl (C=O) groups excluding carboxylic acids is 1. The molecule has 1 aliphatic rings. The normalized spacial score (nSPS) is 19.0. The summed E-state index contributed by atoms with van der Waals surface area (Å²) in [5, 5.41) is 16.5. The molecule has 1 atom stereocenters. The fourth-order valence-electron chi connectivity index (χ4n) is 1.71. The molecular weight excluding hydrogens is 254 g/mol. The van der Waals surface area contributed by atoms with E-state index in [9.17, 15) is 9.59 Å². The Bertz CT molecular complexity index is 476. The number of anilines is 1. The zero-order chi connectivity index (χ0) is 13.8.